The van der Waals surface area contributed by atoms with Gasteiger partial charge in [0.1, 0.15) is 11.3 Å². The van der Waals surface area contributed by atoms with Crippen molar-refractivity contribution in [3.63, 3.8) is 0 Å². The maximum Gasteiger partial charge on any atom is 0.134 e. The number of nitrogens with zero attached hydrogens (tertiary/aromatic N) is 1. The first-order valence-corrected chi connectivity index (χ1v) is 12.5. The van der Waals surface area contributed by atoms with Crippen LogP contribution < -0.4 is 0 Å². The van der Waals surface area contributed by atoms with Crippen LogP contribution in [0.2, 0.25) is 0 Å². The highest BCUT2D eigenvalue weighted by Gasteiger charge is 2.23. The smallest absolute Gasteiger partial charge is 0.134 e. The van der Waals surface area contributed by atoms with E-state index in [0.717, 1.165) is 17.0 Å². The Balaban J connectivity index is 1.64. The Morgan fingerprint density at radius 2 is 1.59 bits per heavy atom. The van der Waals surface area contributed by atoms with Crippen LogP contribution in [0.4, 0.5) is 0 Å². The highest BCUT2D eigenvalue weighted by molar-refractivity contribution is 7.22. The van der Waals surface area contributed by atoms with Crippen molar-refractivity contribution in [2.75, 3.05) is 0 Å². The van der Waals surface area contributed by atoms with Crippen LogP contribution in [0.5, 0.6) is 0 Å². The summed E-state index contributed by atoms with van der Waals surface area (Å²) >= 11 is 1.83. The maximum atomic E-state index is 6.11. The summed E-state index contributed by atoms with van der Waals surface area (Å²) in [5.74, 6) is 0.964. The summed E-state index contributed by atoms with van der Waals surface area (Å²) in [4.78, 5) is 6.20. The number of furan rings is 1. The lowest BCUT2D eigenvalue weighted by molar-refractivity contribution is 0.580. The number of hydrogen-bond donors (Lipinski definition) is 0. The number of aromatic nitrogens is 1. The van der Waals surface area contributed by atoms with Gasteiger partial charge in [0.15, 0.2) is 0 Å². The van der Waals surface area contributed by atoms with Crippen LogP contribution >= 0.6 is 11.3 Å². The summed E-state index contributed by atoms with van der Waals surface area (Å²) in [6.07, 6.45) is 1.95. The minimum Gasteiger partial charge on any atom is -0.461 e. The van der Waals surface area contributed by atoms with Crippen molar-refractivity contribution in [1.82, 2.24) is 4.98 Å². The summed E-state index contributed by atoms with van der Waals surface area (Å²) in [6, 6.07) is 23.8. The number of benzene rings is 3. The molecule has 0 saturated carbocycles. The lowest BCUT2D eigenvalue weighted by atomic mass is 9.82. The average molecular weight is 462 g/mol. The molecular formula is C31H27NOS. The Hall–Kier alpha value is -3.43. The largest absolute Gasteiger partial charge is 0.461 e. The SMILES string of the molecule is Cc1oc2ccccc2c1-c1sc2ccnc(-c3cc(C(C)(C)C)c4ccccc4c3)c2c1C. The van der Waals surface area contributed by atoms with Crippen molar-refractivity contribution in [1.29, 1.82) is 0 Å². The molecule has 0 unspecified atom stereocenters. The summed E-state index contributed by atoms with van der Waals surface area (Å²) in [5, 5.41) is 4.98. The first-order valence-electron chi connectivity index (χ1n) is 11.7. The van der Waals surface area contributed by atoms with Crippen molar-refractivity contribution < 1.29 is 4.42 Å². The Labute approximate surface area is 203 Å². The average Bonchev–Trinajstić information content (AvgIpc) is 3.33. The van der Waals surface area contributed by atoms with Crippen molar-refractivity contribution in [2.24, 2.45) is 0 Å². The van der Waals surface area contributed by atoms with Crippen molar-refractivity contribution in [3.05, 3.63) is 89.8 Å². The van der Waals surface area contributed by atoms with Crippen LogP contribution in [0.3, 0.4) is 0 Å². The molecule has 3 aromatic heterocycles. The van der Waals surface area contributed by atoms with E-state index in [-0.39, 0.29) is 5.41 Å². The van der Waals surface area contributed by atoms with Gasteiger partial charge in [-0.1, -0.05) is 63.2 Å². The number of rotatable bonds is 2. The summed E-state index contributed by atoms with van der Waals surface area (Å²) in [6.45, 7) is 11.2. The minimum absolute atomic E-state index is 0.0329. The molecule has 0 amide bonds. The fourth-order valence-corrected chi connectivity index (χ4v) is 6.48. The first kappa shape index (κ1) is 21.1. The molecule has 0 aliphatic heterocycles. The molecule has 2 nitrogen and oxygen atoms in total. The van der Waals surface area contributed by atoms with Crippen LogP contribution in [0.15, 0.2) is 77.3 Å². The van der Waals surface area contributed by atoms with Crippen LogP contribution in [-0.2, 0) is 5.41 Å². The van der Waals surface area contributed by atoms with Gasteiger partial charge in [-0.2, -0.15) is 0 Å². The second kappa shape index (κ2) is 7.54. The fourth-order valence-electron chi connectivity index (χ4n) is 5.17. The van der Waals surface area contributed by atoms with Gasteiger partial charge in [-0.05, 0) is 65.4 Å². The Bertz CT molecular complexity index is 1710. The van der Waals surface area contributed by atoms with Crippen LogP contribution in [0, 0.1) is 13.8 Å². The molecule has 0 aliphatic rings. The van der Waals surface area contributed by atoms with E-state index in [0.29, 0.717) is 0 Å². The zero-order chi connectivity index (χ0) is 23.6. The van der Waals surface area contributed by atoms with E-state index in [1.54, 1.807) is 0 Å². The number of para-hydroxylation sites is 1. The van der Waals surface area contributed by atoms with Crippen LogP contribution in [-0.4, -0.2) is 4.98 Å². The van der Waals surface area contributed by atoms with Gasteiger partial charge in [0.05, 0.1) is 5.69 Å². The molecule has 0 N–H and O–H groups in total. The van der Waals surface area contributed by atoms with E-state index in [1.807, 2.05) is 29.7 Å². The van der Waals surface area contributed by atoms with Crippen molar-refractivity contribution >= 4 is 43.2 Å². The molecule has 0 radical (unpaired) electrons. The third-order valence-electron chi connectivity index (χ3n) is 6.78. The van der Waals surface area contributed by atoms with Gasteiger partial charge < -0.3 is 4.42 Å². The Morgan fingerprint density at radius 1 is 0.853 bits per heavy atom. The number of hydrogen-bond acceptors (Lipinski definition) is 3. The minimum atomic E-state index is 0.0329. The van der Waals surface area contributed by atoms with E-state index >= 15 is 0 Å². The third kappa shape index (κ3) is 3.19. The second-order valence-electron chi connectivity index (χ2n) is 10.1. The molecule has 3 heterocycles. The number of aryl methyl sites for hydroxylation is 2. The molecule has 0 fully saturated rings. The molecule has 3 heteroatoms. The summed E-state index contributed by atoms with van der Waals surface area (Å²) in [5.41, 5.74) is 7.02. The van der Waals surface area contributed by atoms with Gasteiger partial charge >= 0.3 is 0 Å². The van der Waals surface area contributed by atoms with Crippen molar-refractivity contribution in [2.45, 2.75) is 40.0 Å². The zero-order valence-corrected chi connectivity index (χ0v) is 21.0. The van der Waals surface area contributed by atoms with Gasteiger partial charge in [0, 0.05) is 37.7 Å². The van der Waals surface area contributed by atoms with E-state index in [4.69, 9.17) is 9.40 Å². The second-order valence-corrected chi connectivity index (χ2v) is 11.2. The summed E-state index contributed by atoms with van der Waals surface area (Å²) < 4.78 is 7.37. The van der Waals surface area contributed by atoms with Gasteiger partial charge in [0.2, 0.25) is 0 Å². The standard InChI is InChI=1S/C31H27NOS/c1-18-27-26(34-30(18)28-19(2)33-25-13-9-8-12-23(25)28)14-15-32-29(27)21-16-20-10-6-7-11-22(20)24(17-21)31(3,4)5/h6-17H,1-5H3. The van der Waals surface area contributed by atoms with E-state index < -0.39 is 0 Å². The molecule has 3 aromatic carbocycles. The Kier molecular flexibility index (Phi) is 4.69. The lowest BCUT2D eigenvalue weighted by Gasteiger charge is -2.23. The molecular weight excluding hydrogens is 434 g/mol. The highest BCUT2D eigenvalue weighted by atomic mass is 32.1. The number of fused-ring (bicyclic) bond motifs is 3. The zero-order valence-electron chi connectivity index (χ0n) is 20.2. The van der Waals surface area contributed by atoms with E-state index in [1.165, 1.54) is 53.4 Å². The van der Waals surface area contributed by atoms with Gasteiger partial charge in [-0.3, -0.25) is 4.98 Å². The fraction of sp³-hybridized carbons (Fsp3) is 0.194. The van der Waals surface area contributed by atoms with Crippen LogP contribution in [0.25, 0.3) is 53.5 Å². The quantitative estimate of drug-likeness (QED) is 0.257. The topological polar surface area (TPSA) is 26.0 Å². The predicted octanol–water partition coefficient (Wildman–Crippen LogP) is 9.44. The third-order valence-corrected chi connectivity index (χ3v) is 8.06. The monoisotopic (exact) mass is 461 g/mol. The van der Waals surface area contributed by atoms with Gasteiger partial charge in [0.25, 0.3) is 0 Å². The molecule has 0 aliphatic carbocycles. The molecule has 0 saturated heterocycles. The van der Waals surface area contributed by atoms with E-state index in [2.05, 4.69) is 89.2 Å². The van der Waals surface area contributed by atoms with Gasteiger partial charge in [-0.15, -0.1) is 11.3 Å². The van der Waals surface area contributed by atoms with Crippen LogP contribution in [0.1, 0.15) is 37.7 Å². The Morgan fingerprint density at radius 3 is 2.38 bits per heavy atom. The molecule has 34 heavy (non-hydrogen) atoms. The molecule has 6 rings (SSSR count). The first-order chi connectivity index (χ1) is 16.3. The molecule has 6 aromatic rings. The van der Waals surface area contributed by atoms with Crippen molar-refractivity contribution in [3.8, 4) is 21.7 Å². The maximum absolute atomic E-state index is 6.11. The molecule has 0 spiro atoms. The molecule has 168 valence electrons. The van der Waals surface area contributed by atoms with Gasteiger partial charge in [-0.25, -0.2) is 0 Å². The molecule has 0 bridgehead atoms. The lowest BCUT2D eigenvalue weighted by Crippen LogP contribution is -2.12. The number of thiophene rings is 1. The predicted molar refractivity (Wildman–Crippen MR) is 146 cm³/mol. The van der Waals surface area contributed by atoms with E-state index in [9.17, 15) is 0 Å². The molecule has 0 atom stereocenters. The highest BCUT2D eigenvalue weighted by Crippen LogP contribution is 2.46. The summed E-state index contributed by atoms with van der Waals surface area (Å²) in [7, 11) is 0. The number of pyridine rings is 1. The normalized spacial score (nSPS) is 12.3.